The maximum Gasteiger partial charge on any atom is 0.226 e. The zero-order valence-electron chi connectivity index (χ0n) is 12.3. The van der Waals surface area contributed by atoms with Gasteiger partial charge in [-0.3, -0.25) is 4.79 Å². The lowest BCUT2D eigenvalue weighted by atomic mass is 9.49. The molecule has 2 nitrogen and oxygen atoms in total. The average Bonchev–Trinajstić information content (AvgIpc) is 2.43. The zero-order chi connectivity index (χ0) is 14.5. The van der Waals surface area contributed by atoms with Gasteiger partial charge in [-0.1, -0.05) is 30.3 Å². The third kappa shape index (κ3) is 2.38. The van der Waals surface area contributed by atoms with Crippen LogP contribution in [0.4, 0.5) is 0 Å². The van der Waals surface area contributed by atoms with Crippen LogP contribution in [0, 0.1) is 17.3 Å². The Hall–Kier alpha value is -1.02. The standard InChI is InChI=1S/C18H22ClNO/c19-18-9-14-6-15(10-18)8-17(7-14,12-18)16(21)20-11-13-4-2-1-3-5-13/h1-5,14-15H,6-12H2,(H,20,21)/t14-,15-,17?,18?/m1/s1. The van der Waals surface area contributed by atoms with E-state index in [-0.39, 0.29) is 16.2 Å². The SMILES string of the molecule is O=C(NCc1ccccc1)C12C[C@H]3C[C@@H](CC(Cl)(C3)C1)C2. The van der Waals surface area contributed by atoms with Gasteiger partial charge in [0.25, 0.3) is 0 Å². The monoisotopic (exact) mass is 303 g/mol. The first-order chi connectivity index (χ1) is 10.1. The van der Waals surface area contributed by atoms with Crippen molar-refractivity contribution < 1.29 is 4.79 Å². The molecule has 4 bridgehead atoms. The molecule has 0 radical (unpaired) electrons. The molecule has 0 aromatic heterocycles. The summed E-state index contributed by atoms with van der Waals surface area (Å²) in [6, 6.07) is 10.1. The minimum absolute atomic E-state index is 0.0891. The van der Waals surface area contributed by atoms with Crippen molar-refractivity contribution in [3.05, 3.63) is 35.9 Å². The topological polar surface area (TPSA) is 29.1 Å². The Morgan fingerprint density at radius 2 is 1.81 bits per heavy atom. The molecule has 5 rings (SSSR count). The van der Waals surface area contributed by atoms with Crippen LogP contribution in [0.1, 0.15) is 44.1 Å². The van der Waals surface area contributed by atoms with Crippen LogP contribution in [0.15, 0.2) is 30.3 Å². The van der Waals surface area contributed by atoms with Gasteiger partial charge in [-0.15, -0.1) is 11.6 Å². The van der Waals surface area contributed by atoms with Crippen molar-refractivity contribution >= 4 is 17.5 Å². The summed E-state index contributed by atoms with van der Waals surface area (Å²) in [5.41, 5.74) is 0.983. The molecule has 3 heteroatoms. The Balaban J connectivity index is 1.49. The molecule has 0 spiro atoms. The van der Waals surface area contributed by atoms with Crippen molar-refractivity contribution in [1.29, 1.82) is 0 Å². The highest BCUT2D eigenvalue weighted by Crippen LogP contribution is 2.63. The molecule has 0 saturated heterocycles. The molecule has 4 aliphatic rings. The molecule has 1 aromatic carbocycles. The molecule has 21 heavy (non-hydrogen) atoms. The largest absolute Gasteiger partial charge is 0.352 e. The van der Waals surface area contributed by atoms with Gasteiger partial charge >= 0.3 is 0 Å². The predicted octanol–water partition coefficient (Wildman–Crippen LogP) is 3.88. The summed E-state index contributed by atoms with van der Waals surface area (Å²) in [5, 5.41) is 3.18. The number of amides is 1. The Kier molecular flexibility index (Phi) is 3.08. The van der Waals surface area contributed by atoms with Gasteiger partial charge in [-0.2, -0.15) is 0 Å². The summed E-state index contributed by atoms with van der Waals surface area (Å²) >= 11 is 6.80. The van der Waals surface area contributed by atoms with Crippen LogP contribution in [0.5, 0.6) is 0 Å². The number of alkyl halides is 1. The van der Waals surface area contributed by atoms with Gasteiger partial charge in [0.05, 0.1) is 5.41 Å². The van der Waals surface area contributed by atoms with E-state index in [4.69, 9.17) is 11.6 Å². The molecule has 0 aliphatic heterocycles. The third-order valence-electron chi connectivity index (χ3n) is 5.77. The Morgan fingerprint density at radius 1 is 1.14 bits per heavy atom. The number of carbonyl (C=O) groups excluding carboxylic acids is 1. The fraction of sp³-hybridized carbons (Fsp3) is 0.611. The van der Waals surface area contributed by atoms with Crippen LogP contribution in [0.3, 0.4) is 0 Å². The molecule has 1 N–H and O–H groups in total. The third-order valence-corrected chi connectivity index (χ3v) is 6.21. The van der Waals surface area contributed by atoms with E-state index in [9.17, 15) is 4.79 Å². The molecular weight excluding hydrogens is 282 g/mol. The van der Waals surface area contributed by atoms with E-state index in [1.165, 1.54) is 6.42 Å². The first-order valence-electron chi connectivity index (χ1n) is 8.08. The van der Waals surface area contributed by atoms with E-state index >= 15 is 0 Å². The van der Waals surface area contributed by atoms with Crippen molar-refractivity contribution in [2.24, 2.45) is 17.3 Å². The zero-order valence-corrected chi connectivity index (χ0v) is 13.0. The molecule has 4 aliphatic carbocycles. The fourth-order valence-electron chi connectivity index (χ4n) is 5.38. The summed E-state index contributed by atoms with van der Waals surface area (Å²) in [6.07, 6.45) is 6.53. The number of hydrogen-bond acceptors (Lipinski definition) is 1. The van der Waals surface area contributed by atoms with Crippen molar-refractivity contribution in [2.45, 2.75) is 49.9 Å². The van der Waals surface area contributed by atoms with Crippen molar-refractivity contribution in [2.75, 3.05) is 0 Å². The van der Waals surface area contributed by atoms with Gasteiger partial charge < -0.3 is 5.32 Å². The van der Waals surface area contributed by atoms with Gasteiger partial charge in [0.15, 0.2) is 0 Å². The van der Waals surface area contributed by atoms with Gasteiger partial charge in [-0.05, 0) is 55.9 Å². The number of halogens is 1. The van der Waals surface area contributed by atoms with E-state index in [1.54, 1.807) is 0 Å². The Labute approximate surface area is 131 Å². The van der Waals surface area contributed by atoms with Crippen molar-refractivity contribution in [3.63, 3.8) is 0 Å². The van der Waals surface area contributed by atoms with Crippen LogP contribution in [0.2, 0.25) is 0 Å². The second kappa shape index (κ2) is 4.74. The minimum Gasteiger partial charge on any atom is -0.352 e. The average molecular weight is 304 g/mol. The van der Waals surface area contributed by atoms with E-state index < -0.39 is 0 Å². The number of benzene rings is 1. The predicted molar refractivity (Wildman–Crippen MR) is 84.0 cm³/mol. The highest BCUT2D eigenvalue weighted by molar-refractivity contribution is 6.24. The fourth-order valence-corrected chi connectivity index (χ4v) is 6.07. The molecule has 4 saturated carbocycles. The molecule has 1 aromatic rings. The van der Waals surface area contributed by atoms with E-state index in [1.807, 2.05) is 18.2 Å². The van der Waals surface area contributed by atoms with E-state index in [2.05, 4.69) is 17.4 Å². The summed E-state index contributed by atoms with van der Waals surface area (Å²) < 4.78 is 0. The second-order valence-electron chi connectivity index (χ2n) is 7.56. The number of carbonyl (C=O) groups is 1. The second-order valence-corrected chi connectivity index (χ2v) is 8.36. The van der Waals surface area contributed by atoms with Crippen LogP contribution in [-0.4, -0.2) is 10.8 Å². The molecule has 1 amide bonds. The van der Waals surface area contributed by atoms with Crippen molar-refractivity contribution in [1.82, 2.24) is 5.32 Å². The maximum absolute atomic E-state index is 12.8. The molecule has 0 heterocycles. The molecule has 4 fully saturated rings. The molecule has 112 valence electrons. The lowest BCUT2D eigenvalue weighted by molar-refractivity contribution is -0.144. The molecule has 2 atom stereocenters. The normalized spacial score (nSPS) is 40.2. The number of rotatable bonds is 3. The van der Waals surface area contributed by atoms with Crippen molar-refractivity contribution in [3.8, 4) is 0 Å². The maximum atomic E-state index is 12.8. The number of nitrogens with one attached hydrogen (secondary N) is 1. The van der Waals surface area contributed by atoms with Crippen LogP contribution >= 0.6 is 11.6 Å². The van der Waals surface area contributed by atoms with Gasteiger partial charge in [0.2, 0.25) is 5.91 Å². The smallest absolute Gasteiger partial charge is 0.226 e. The van der Waals surface area contributed by atoms with Gasteiger partial charge in [0, 0.05) is 11.4 Å². The number of hydrogen-bond donors (Lipinski definition) is 1. The Bertz CT molecular complexity index is 542. The Morgan fingerprint density at radius 3 is 2.43 bits per heavy atom. The first-order valence-corrected chi connectivity index (χ1v) is 8.46. The summed E-state index contributed by atoms with van der Waals surface area (Å²) in [4.78, 5) is 12.8. The van der Waals surface area contributed by atoms with E-state index in [0.29, 0.717) is 18.4 Å². The molecule has 0 unspecified atom stereocenters. The summed E-state index contributed by atoms with van der Waals surface area (Å²) in [5.74, 6) is 1.59. The van der Waals surface area contributed by atoms with Gasteiger partial charge in [0.1, 0.15) is 0 Å². The highest BCUT2D eigenvalue weighted by Gasteiger charge is 2.59. The lowest BCUT2D eigenvalue weighted by Crippen LogP contribution is -2.58. The van der Waals surface area contributed by atoms with Crippen LogP contribution < -0.4 is 5.32 Å². The molecular formula is C18H22ClNO. The van der Waals surface area contributed by atoms with Crippen LogP contribution in [-0.2, 0) is 11.3 Å². The van der Waals surface area contributed by atoms with Crippen LogP contribution in [0.25, 0.3) is 0 Å². The lowest BCUT2D eigenvalue weighted by Gasteiger charge is -2.59. The first kappa shape index (κ1) is 13.6. The van der Waals surface area contributed by atoms with E-state index in [0.717, 1.165) is 37.7 Å². The summed E-state index contributed by atoms with van der Waals surface area (Å²) in [6.45, 7) is 0.631. The minimum atomic E-state index is -0.180. The van der Waals surface area contributed by atoms with Gasteiger partial charge in [-0.25, -0.2) is 0 Å². The highest BCUT2D eigenvalue weighted by atomic mass is 35.5. The quantitative estimate of drug-likeness (QED) is 0.844. The summed E-state index contributed by atoms with van der Waals surface area (Å²) in [7, 11) is 0.